The van der Waals surface area contributed by atoms with Gasteiger partial charge in [-0.15, -0.1) is 0 Å². The standard InChI is InChI=1S/C20H36O2/c1-2-3-7-10-16-13-18(16)15-19-14-17(19)11-8-5-4-6-9-12-20(21)22/h16-19H,2-15H2,1H3,(H,21,22)/t16?,17-,18?,19+/m1/s1. The first kappa shape index (κ1) is 17.8. The minimum Gasteiger partial charge on any atom is -0.481 e. The molecule has 1 N–H and O–H groups in total. The Morgan fingerprint density at radius 3 is 1.95 bits per heavy atom. The van der Waals surface area contributed by atoms with Crippen LogP contribution in [0.1, 0.15) is 96.8 Å². The first-order valence-corrected chi connectivity index (χ1v) is 9.92. The fourth-order valence-corrected chi connectivity index (χ4v) is 4.16. The lowest BCUT2D eigenvalue weighted by Gasteiger charge is -2.02. The zero-order chi connectivity index (χ0) is 15.8. The van der Waals surface area contributed by atoms with Crippen molar-refractivity contribution in [3.8, 4) is 0 Å². The molecule has 0 bridgehead atoms. The third-order valence-electron chi connectivity index (χ3n) is 5.89. The van der Waals surface area contributed by atoms with Crippen LogP contribution in [-0.2, 0) is 4.79 Å². The van der Waals surface area contributed by atoms with Gasteiger partial charge in [-0.25, -0.2) is 0 Å². The van der Waals surface area contributed by atoms with E-state index in [0.717, 1.165) is 36.5 Å². The Bertz CT molecular complexity index is 326. The Balaban J connectivity index is 1.36. The summed E-state index contributed by atoms with van der Waals surface area (Å²) in [6.45, 7) is 2.30. The highest BCUT2D eigenvalue weighted by Crippen LogP contribution is 2.54. The van der Waals surface area contributed by atoms with Crippen LogP contribution >= 0.6 is 0 Å². The summed E-state index contributed by atoms with van der Waals surface area (Å²) in [7, 11) is 0. The van der Waals surface area contributed by atoms with Crippen LogP contribution in [0.15, 0.2) is 0 Å². The maximum absolute atomic E-state index is 10.4. The molecule has 2 nitrogen and oxygen atoms in total. The summed E-state index contributed by atoms with van der Waals surface area (Å²) in [6.07, 6.45) is 18.0. The van der Waals surface area contributed by atoms with E-state index >= 15 is 0 Å². The van der Waals surface area contributed by atoms with Gasteiger partial charge in [0.05, 0.1) is 0 Å². The van der Waals surface area contributed by atoms with Crippen LogP contribution < -0.4 is 0 Å². The van der Waals surface area contributed by atoms with Crippen molar-refractivity contribution in [1.82, 2.24) is 0 Å². The summed E-state index contributed by atoms with van der Waals surface area (Å²) in [5, 5.41) is 8.58. The largest absolute Gasteiger partial charge is 0.481 e. The third kappa shape index (κ3) is 7.15. The molecule has 22 heavy (non-hydrogen) atoms. The van der Waals surface area contributed by atoms with Crippen molar-refractivity contribution in [3.05, 3.63) is 0 Å². The highest BCUT2D eigenvalue weighted by molar-refractivity contribution is 5.66. The topological polar surface area (TPSA) is 37.3 Å². The third-order valence-corrected chi connectivity index (χ3v) is 5.89. The van der Waals surface area contributed by atoms with Crippen molar-refractivity contribution in [2.24, 2.45) is 23.7 Å². The average molecular weight is 309 g/mol. The minimum atomic E-state index is -0.645. The predicted octanol–water partition coefficient (Wildman–Crippen LogP) is 6.04. The van der Waals surface area contributed by atoms with Gasteiger partial charge in [-0.3, -0.25) is 4.79 Å². The van der Waals surface area contributed by atoms with Crippen molar-refractivity contribution in [1.29, 1.82) is 0 Å². The molecule has 0 spiro atoms. The van der Waals surface area contributed by atoms with Crippen LogP contribution in [0, 0.1) is 23.7 Å². The molecule has 0 radical (unpaired) electrons. The minimum absolute atomic E-state index is 0.353. The van der Waals surface area contributed by atoms with E-state index in [2.05, 4.69) is 6.92 Å². The number of rotatable bonds is 14. The van der Waals surface area contributed by atoms with E-state index in [1.807, 2.05) is 0 Å². The lowest BCUT2D eigenvalue weighted by atomic mass is 10.0. The molecule has 0 saturated heterocycles. The zero-order valence-electron chi connectivity index (χ0n) is 14.6. The summed E-state index contributed by atoms with van der Waals surface area (Å²) in [5.74, 6) is 3.68. The molecule has 0 heterocycles. The molecule has 0 aromatic rings. The highest BCUT2D eigenvalue weighted by atomic mass is 16.4. The second-order valence-electron chi connectivity index (χ2n) is 7.94. The quantitative estimate of drug-likeness (QED) is 0.397. The molecule has 2 unspecified atom stereocenters. The second kappa shape index (κ2) is 9.57. The molecule has 2 aliphatic carbocycles. The Morgan fingerprint density at radius 1 is 0.818 bits per heavy atom. The Kier molecular flexibility index (Phi) is 7.75. The summed E-state index contributed by atoms with van der Waals surface area (Å²) < 4.78 is 0. The lowest BCUT2D eigenvalue weighted by Crippen LogP contribution is -1.93. The van der Waals surface area contributed by atoms with Crippen LogP contribution in [0.4, 0.5) is 0 Å². The fourth-order valence-electron chi connectivity index (χ4n) is 4.16. The number of aliphatic carboxylic acids is 1. The fraction of sp³-hybridized carbons (Fsp3) is 0.950. The predicted molar refractivity (Wildman–Crippen MR) is 91.9 cm³/mol. The van der Waals surface area contributed by atoms with Gasteiger partial charge in [0.2, 0.25) is 0 Å². The van der Waals surface area contributed by atoms with E-state index in [-0.39, 0.29) is 0 Å². The number of carbonyl (C=O) groups is 1. The molecule has 0 amide bonds. The Labute approximate surface area is 137 Å². The Hall–Kier alpha value is -0.530. The Morgan fingerprint density at radius 2 is 1.36 bits per heavy atom. The molecular weight excluding hydrogens is 272 g/mol. The average Bonchev–Trinajstić information content (AvgIpc) is 3.38. The van der Waals surface area contributed by atoms with Crippen LogP contribution in [0.5, 0.6) is 0 Å². The van der Waals surface area contributed by atoms with Crippen molar-refractivity contribution in [2.45, 2.75) is 96.8 Å². The molecule has 0 aromatic heterocycles. The second-order valence-corrected chi connectivity index (χ2v) is 7.94. The van der Waals surface area contributed by atoms with Crippen molar-refractivity contribution in [2.75, 3.05) is 0 Å². The molecule has 2 saturated carbocycles. The van der Waals surface area contributed by atoms with Gasteiger partial charge in [0.15, 0.2) is 0 Å². The number of carboxylic acid groups (broad SMARTS) is 1. The van der Waals surface area contributed by atoms with E-state index in [0.29, 0.717) is 6.42 Å². The lowest BCUT2D eigenvalue weighted by molar-refractivity contribution is -0.137. The van der Waals surface area contributed by atoms with E-state index in [1.54, 1.807) is 6.42 Å². The number of carboxylic acids is 1. The van der Waals surface area contributed by atoms with Crippen LogP contribution in [0.25, 0.3) is 0 Å². The summed E-state index contributed by atoms with van der Waals surface area (Å²) in [4.78, 5) is 10.4. The van der Waals surface area contributed by atoms with Gasteiger partial charge in [-0.05, 0) is 49.4 Å². The zero-order valence-corrected chi connectivity index (χ0v) is 14.6. The normalized spacial score (nSPS) is 29.5. The molecule has 2 aliphatic rings. The maximum Gasteiger partial charge on any atom is 0.303 e. The van der Waals surface area contributed by atoms with Gasteiger partial charge in [0.1, 0.15) is 0 Å². The first-order chi connectivity index (χ1) is 10.7. The molecule has 2 rings (SSSR count). The SMILES string of the molecule is CCCCCC1CC1C[C@@H]1C[C@H]1CCCCCCCC(=O)O. The maximum atomic E-state index is 10.4. The molecule has 0 aliphatic heterocycles. The molecule has 0 aromatic carbocycles. The highest BCUT2D eigenvalue weighted by Gasteiger charge is 2.44. The number of unbranched alkanes of at least 4 members (excludes halogenated alkanes) is 6. The van der Waals surface area contributed by atoms with Crippen molar-refractivity contribution >= 4 is 5.97 Å². The smallest absolute Gasteiger partial charge is 0.303 e. The monoisotopic (exact) mass is 308 g/mol. The first-order valence-electron chi connectivity index (χ1n) is 9.92. The van der Waals surface area contributed by atoms with E-state index < -0.39 is 5.97 Å². The van der Waals surface area contributed by atoms with Gasteiger partial charge < -0.3 is 5.11 Å². The van der Waals surface area contributed by atoms with Crippen LogP contribution in [0.3, 0.4) is 0 Å². The number of hydrogen-bond acceptors (Lipinski definition) is 1. The molecule has 4 atom stereocenters. The van der Waals surface area contributed by atoms with Crippen LogP contribution in [0.2, 0.25) is 0 Å². The van der Waals surface area contributed by atoms with Gasteiger partial charge in [0.25, 0.3) is 0 Å². The van der Waals surface area contributed by atoms with Gasteiger partial charge in [-0.1, -0.05) is 64.7 Å². The van der Waals surface area contributed by atoms with Crippen molar-refractivity contribution < 1.29 is 9.90 Å². The van der Waals surface area contributed by atoms with Gasteiger partial charge in [0, 0.05) is 6.42 Å². The van der Waals surface area contributed by atoms with E-state index in [9.17, 15) is 4.79 Å². The summed E-state index contributed by atoms with van der Waals surface area (Å²) >= 11 is 0. The molecule has 128 valence electrons. The van der Waals surface area contributed by atoms with Crippen molar-refractivity contribution in [3.63, 3.8) is 0 Å². The van der Waals surface area contributed by atoms with Crippen LogP contribution in [-0.4, -0.2) is 11.1 Å². The van der Waals surface area contributed by atoms with E-state index in [1.165, 1.54) is 64.2 Å². The van der Waals surface area contributed by atoms with Gasteiger partial charge >= 0.3 is 5.97 Å². The summed E-state index contributed by atoms with van der Waals surface area (Å²) in [5.41, 5.74) is 0. The van der Waals surface area contributed by atoms with Gasteiger partial charge in [-0.2, -0.15) is 0 Å². The molecule has 2 heteroatoms. The number of hydrogen-bond donors (Lipinski definition) is 1. The summed E-state index contributed by atoms with van der Waals surface area (Å²) in [6, 6.07) is 0. The molecule has 2 fully saturated rings. The van der Waals surface area contributed by atoms with E-state index in [4.69, 9.17) is 5.11 Å². The molecular formula is C20H36O2.